The molecule has 6 heteroatoms. The van der Waals surface area contributed by atoms with Gasteiger partial charge in [-0.3, -0.25) is 4.40 Å². The highest BCUT2D eigenvalue weighted by atomic mass is 35.5. The van der Waals surface area contributed by atoms with Gasteiger partial charge in [0.15, 0.2) is 5.82 Å². The van der Waals surface area contributed by atoms with Crippen molar-refractivity contribution in [2.24, 2.45) is 0 Å². The van der Waals surface area contributed by atoms with E-state index in [1.807, 2.05) is 17.5 Å². The number of anilines is 1. The molecular formula is C12H16ClN5. The molecule has 18 heavy (non-hydrogen) atoms. The number of nitrogens with zero attached hydrogens (tertiary/aromatic N) is 4. The number of aryl methyl sites for hydroxylation is 1. The van der Waals surface area contributed by atoms with E-state index in [4.69, 9.17) is 11.6 Å². The first-order chi connectivity index (χ1) is 8.74. The van der Waals surface area contributed by atoms with Crippen LogP contribution in [0.1, 0.15) is 31.5 Å². The molecular weight excluding hydrogens is 250 g/mol. The molecule has 1 aliphatic rings. The first kappa shape index (κ1) is 11.7. The number of alkyl halides is 1. The maximum atomic E-state index is 6.14. The molecule has 0 aliphatic heterocycles. The number of nitrogens with one attached hydrogen (secondary N) is 1. The molecule has 0 amide bonds. The zero-order valence-corrected chi connectivity index (χ0v) is 11.1. The third-order valence-electron chi connectivity index (χ3n) is 3.70. The van der Waals surface area contributed by atoms with Gasteiger partial charge in [-0.15, -0.1) is 21.8 Å². The Morgan fingerprint density at radius 3 is 2.89 bits per heavy atom. The van der Waals surface area contributed by atoms with Crippen molar-refractivity contribution in [2.75, 3.05) is 11.2 Å². The van der Waals surface area contributed by atoms with E-state index in [-0.39, 0.29) is 5.54 Å². The minimum absolute atomic E-state index is 0.0315. The highest BCUT2D eigenvalue weighted by Gasteiger charge is 2.33. The molecule has 2 heterocycles. The van der Waals surface area contributed by atoms with E-state index in [9.17, 15) is 0 Å². The van der Waals surface area contributed by atoms with Crippen molar-refractivity contribution in [2.45, 2.75) is 38.1 Å². The van der Waals surface area contributed by atoms with Crippen LogP contribution < -0.4 is 5.32 Å². The Morgan fingerprint density at radius 2 is 2.17 bits per heavy atom. The van der Waals surface area contributed by atoms with E-state index in [0.717, 1.165) is 30.1 Å². The van der Waals surface area contributed by atoms with E-state index in [1.165, 1.54) is 12.8 Å². The van der Waals surface area contributed by atoms with Crippen LogP contribution in [-0.2, 0) is 0 Å². The molecule has 0 atom stereocenters. The van der Waals surface area contributed by atoms with E-state index in [1.54, 1.807) is 6.20 Å². The molecule has 0 aromatic carbocycles. The summed E-state index contributed by atoms with van der Waals surface area (Å²) in [5.74, 6) is 2.24. The molecule has 1 aliphatic carbocycles. The summed E-state index contributed by atoms with van der Waals surface area (Å²) >= 11 is 6.14. The van der Waals surface area contributed by atoms with Gasteiger partial charge in [0, 0.05) is 18.3 Å². The highest BCUT2D eigenvalue weighted by molar-refractivity contribution is 6.18. The Kier molecular flexibility index (Phi) is 2.86. The predicted molar refractivity (Wildman–Crippen MR) is 71.1 cm³/mol. The summed E-state index contributed by atoms with van der Waals surface area (Å²) in [7, 11) is 0. The summed E-state index contributed by atoms with van der Waals surface area (Å²) in [4.78, 5) is 4.38. The molecule has 0 unspecified atom stereocenters. The van der Waals surface area contributed by atoms with Gasteiger partial charge in [0.1, 0.15) is 5.82 Å². The Hall–Kier alpha value is -1.36. The van der Waals surface area contributed by atoms with Crippen molar-refractivity contribution in [1.29, 1.82) is 0 Å². The standard InChI is InChI=1S/C12H16ClN5/c1-9-16-17-11-10(14-6-7-18(9)11)15-12(8-13)4-2-3-5-12/h6-7H,2-5,8H2,1H3,(H,14,15). The van der Waals surface area contributed by atoms with Crippen molar-refractivity contribution in [1.82, 2.24) is 19.6 Å². The van der Waals surface area contributed by atoms with Gasteiger partial charge in [0.2, 0.25) is 5.65 Å². The molecule has 0 radical (unpaired) electrons. The number of hydrogen-bond acceptors (Lipinski definition) is 4. The maximum absolute atomic E-state index is 6.14. The predicted octanol–water partition coefficient (Wildman–Crippen LogP) is 2.40. The third-order valence-corrected chi connectivity index (χ3v) is 4.21. The number of aromatic nitrogens is 4. The number of rotatable bonds is 3. The average Bonchev–Trinajstić information content (AvgIpc) is 2.99. The molecule has 5 nitrogen and oxygen atoms in total. The molecule has 1 N–H and O–H groups in total. The second-order valence-corrected chi connectivity index (χ2v) is 5.23. The first-order valence-corrected chi connectivity index (χ1v) is 6.78. The molecule has 3 rings (SSSR count). The van der Waals surface area contributed by atoms with Gasteiger partial charge in [0.05, 0.1) is 5.54 Å². The SMILES string of the molecule is Cc1nnc2c(NC3(CCl)CCCC3)nccn12. The lowest BCUT2D eigenvalue weighted by atomic mass is 10.0. The Morgan fingerprint density at radius 1 is 1.39 bits per heavy atom. The third kappa shape index (κ3) is 1.82. The summed E-state index contributed by atoms with van der Waals surface area (Å²) < 4.78 is 1.94. The fourth-order valence-electron chi connectivity index (χ4n) is 2.62. The Balaban J connectivity index is 1.99. The van der Waals surface area contributed by atoms with Gasteiger partial charge < -0.3 is 5.32 Å². The van der Waals surface area contributed by atoms with Crippen LogP contribution in [0.2, 0.25) is 0 Å². The fourth-order valence-corrected chi connectivity index (χ4v) is 2.96. The van der Waals surface area contributed by atoms with E-state index >= 15 is 0 Å². The summed E-state index contributed by atoms with van der Waals surface area (Å²) in [5, 5.41) is 11.7. The highest BCUT2D eigenvalue weighted by Crippen LogP contribution is 2.34. The van der Waals surface area contributed by atoms with Crippen LogP contribution >= 0.6 is 11.6 Å². The van der Waals surface area contributed by atoms with Gasteiger partial charge in [-0.05, 0) is 19.8 Å². The Bertz CT molecular complexity index is 559. The van der Waals surface area contributed by atoms with Gasteiger partial charge >= 0.3 is 0 Å². The minimum Gasteiger partial charge on any atom is -0.360 e. The summed E-state index contributed by atoms with van der Waals surface area (Å²) in [6.45, 7) is 1.93. The second kappa shape index (κ2) is 4.39. The minimum atomic E-state index is -0.0315. The van der Waals surface area contributed by atoms with Crippen LogP contribution in [0.25, 0.3) is 5.65 Å². The molecule has 1 saturated carbocycles. The molecule has 0 saturated heterocycles. The molecule has 2 aromatic rings. The summed E-state index contributed by atoms with van der Waals surface area (Å²) in [6, 6.07) is 0. The summed E-state index contributed by atoms with van der Waals surface area (Å²) in [6.07, 6.45) is 8.25. The van der Waals surface area contributed by atoms with Crippen LogP contribution in [0.4, 0.5) is 5.82 Å². The number of hydrogen-bond donors (Lipinski definition) is 1. The van der Waals surface area contributed by atoms with Crippen molar-refractivity contribution in [3.8, 4) is 0 Å². The molecule has 96 valence electrons. The number of halogens is 1. The van der Waals surface area contributed by atoms with E-state index in [2.05, 4.69) is 20.5 Å². The second-order valence-electron chi connectivity index (χ2n) is 4.96. The zero-order valence-electron chi connectivity index (χ0n) is 10.4. The summed E-state index contributed by atoms with van der Waals surface area (Å²) in [5.41, 5.74) is 0.738. The topological polar surface area (TPSA) is 55.1 Å². The van der Waals surface area contributed by atoms with Crippen molar-refractivity contribution in [3.63, 3.8) is 0 Å². The zero-order chi connectivity index (χ0) is 12.6. The molecule has 0 bridgehead atoms. The van der Waals surface area contributed by atoms with Crippen LogP contribution in [0.15, 0.2) is 12.4 Å². The first-order valence-electron chi connectivity index (χ1n) is 6.25. The van der Waals surface area contributed by atoms with Crippen LogP contribution in [0.3, 0.4) is 0 Å². The molecule has 2 aromatic heterocycles. The smallest absolute Gasteiger partial charge is 0.203 e. The molecule has 1 fully saturated rings. The van der Waals surface area contributed by atoms with Crippen LogP contribution in [-0.4, -0.2) is 31.0 Å². The average molecular weight is 266 g/mol. The monoisotopic (exact) mass is 265 g/mol. The van der Waals surface area contributed by atoms with Crippen molar-refractivity contribution in [3.05, 3.63) is 18.2 Å². The maximum Gasteiger partial charge on any atom is 0.203 e. The Labute approximate surface area is 111 Å². The molecule has 0 spiro atoms. The lowest BCUT2D eigenvalue weighted by molar-refractivity contribution is 0.537. The van der Waals surface area contributed by atoms with E-state index in [0.29, 0.717) is 5.88 Å². The van der Waals surface area contributed by atoms with Crippen LogP contribution in [0.5, 0.6) is 0 Å². The van der Waals surface area contributed by atoms with Crippen molar-refractivity contribution < 1.29 is 0 Å². The van der Waals surface area contributed by atoms with Crippen LogP contribution in [0, 0.1) is 6.92 Å². The van der Waals surface area contributed by atoms with Crippen molar-refractivity contribution >= 4 is 23.1 Å². The van der Waals surface area contributed by atoms with Gasteiger partial charge in [0.25, 0.3) is 0 Å². The number of fused-ring (bicyclic) bond motifs is 1. The van der Waals surface area contributed by atoms with Gasteiger partial charge in [-0.25, -0.2) is 4.98 Å². The quantitative estimate of drug-likeness (QED) is 0.866. The normalized spacial score (nSPS) is 18.3. The largest absolute Gasteiger partial charge is 0.360 e. The van der Waals surface area contributed by atoms with E-state index < -0.39 is 0 Å². The fraction of sp³-hybridized carbons (Fsp3) is 0.583. The van der Waals surface area contributed by atoms with Gasteiger partial charge in [-0.1, -0.05) is 12.8 Å². The lowest BCUT2D eigenvalue weighted by Crippen LogP contribution is -2.37. The van der Waals surface area contributed by atoms with Gasteiger partial charge in [-0.2, -0.15) is 0 Å². The lowest BCUT2D eigenvalue weighted by Gasteiger charge is -2.28.